The van der Waals surface area contributed by atoms with Gasteiger partial charge in [-0.15, -0.1) is 0 Å². The molecule has 0 saturated heterocycles. The fourth-order valence-electron chi connectivity index (χ4n) is 2.17. The number of aromatic nitrogens is 1. The highest BCUT2D eigenvalue weighted by atomic mass is 35.5. The number of nitrogens with one attached hydrogen (secondary N) is 2. The highest BCUT2D eigenvalue weighted by Crippen LogP contribution is 2.25. The number of halogens is 1. The Hall–Kier alpha value is -1.32. The molecule has 0 bridgehead atoms. The highest BCUT2D eigenvalue weighted by Gasteiger charge is 2.06. The summed E-state index contributed by atoms with van der Waals surface area (Å²) in [6, 6.07) is 8.28. The maximum Gasteiger partial charge on any atom is 0.0737 e. The van der Waals surface area contributed by atoms with Gasteiger partial charge in [-0.3, -0.25) is 4.98 Å². The molecule has 128 valence electrons. The number of unbranched alkanes of at least 4 members (excludes halogenated alkanes) is 1. The third-order valence-electron chi connectivity index (χ3n) is 3.67. The summed E-state index contributed by atoms with van der Waals surface area (Å²) < 4.78 is 0. The van der Waals surface area contributed by atoms with E-state index in [1.165, 1.54) is 19.3 Å². The molecule has 0 fully saturated rings. The normalized spacial score (nSPS) is 11.7. The first-order valence-corrected chi connectivity index (χ1v) is 8.95. The Kier molecular flexibility index (Phi) is 9.65. The van der Waals surface area contributed by atoms with Crippen molar-refractivity contribution in [2.45, 2.75) is 52.5 Å². The highest BCUT2D eigenvalue weighted by molar-refractivity contribution is 6.31. The molecule has 1 heterocycles. The minimum absolute atomic E-state index is 0.439. The lowest BCUT2D eigenvalue weighted by Crippen LogP contribution is -2.18. The van der Waals surface area contributed by atoms with Crippen molar-refractivity contribution < 1.29 is 0 Å². The van der Waals surface area contributed by atoms with Gasteiger partial charge in [0.15, 0.2) is 0 Å². The van der Waals surface area contributed by atoms with Crippen LogP contribution in [0.3, 0.4) is 0 Å². The molecule has 1 atom stereocenters. The molecular formula is C19H30ClN3. The van der Waals surface area contributed by atoms with Gasteiger partial charge < -0.3 is 10.6 Å². The van der Waals surface area contributed by atoms with E-state index >= 15 is 0 Å². The van der Waals surface area contributed by atoms with Crippen molar-refractivity contribution in [1.29, 1.82) is 0 Å². The maximum atomic E-state index is 5.99. The van der Waals surface area contributed by atoms with Crippen molar-refractivity contribution in [2.75, 3.05) is 18.9 Å². The molecule has 0 radical (unpaired) electrons. The van der Waals surface area contributed by atoms with Crippen LogP contribution in [0.1, 0.15) is 46.5 Å². The van der Waals surface area contributed by atoms with Crippen LogP contribution in [-0.4, -0.2) is 24.6 Å². The van der Waals surface area contributed by atoms with Gasteiger partial charge in [0.05, 0.1) is 5.52 Å². The van der Waals surface area contributed by atoms with E-state index in [1.54, 1.807) is 0 Å². The standard InChI is InChI=1S/C15H20ClN3.C4H10/c1-11(4-3-8-17-2)19-14-7-9-18-15-10-12(16)5-6-13(14)15;1-3-4-2/h5-7,9-11,17H,3-4,8H2,1-2H3,(H,18,19);3-4H2,1-2H3. The lowest BCUT2D eigenvalue weighted by atomic mass is 10.1. The van der Waals surface area contributed by atoms with Gasteiger partial charge in [-0.25, -0.2) is 0 Å². The Morgan fingerprint density at radius 3 is 2.57 bits per heavy atom. The monoisotopic (exact) mass is 335 g/mol. The number of pyridine rings is 1. The molecule has 2 rings (SSSR count). The van der Waals surface area contributed by atoms with Crippen LogP contribution in [0.25, 0.3) is 10.9 Å². The van der Waals surface area contributed by atoms with Gasteiger partial charge in [0, 0.05) is 28.3 Å². The van der Waals surface area contributed by atoms with Gasteiger partial charge in [0.25, 0.3) is 0 Å². The Morgan fingerprint density at radius 2 is 1.91 bits per heavy atom. The molecule has 0 saturated carbocycles. The van der Waals surface area contributed by atoms with E-state index in [9.17, 15) is 0 Å². The zero-order chi connectivity index (χ0) is 17.1. The first kappa shape index (κ1) is 19.7. The van der Waals surface area contributed by atoms with Crippen molar-refractivity contribution in [3.05, 3.63) is 35.5 Å². The summed E-state index contributed by atoms with van der Waals surface area (Å²) in [5, 5.41) is 8.56. The second-order valence-corrected chi connectivity index (χ2v) is 6.25. The molecule has 3 nitrogen and oxygen atoms in total. The van der Waals surface area contributed by atoms with Gasteiger partial charge in [-0.05, 0) is 57.6 Å². The minimum atomic E-state index is 0.439. The molecule has 4 heteroatoms. The summed E-state index contributed by atoms with van der Waals surface area (Å²) in [6.45, 7) is 7.62. The summed E-state index contributed by atoms with van der Waals surface area (Å²) in [6.07, 6.45) is 6.76. The van der Waals surface area contributed by atoms with Gasteiger partial charge >= 0.3 is 0 Å². The number of benzene rings is 1. The molecule has 0 aliphatic heterocycles. The molecule has 0 spiro atoms. The third kappa shape index (κ3) is 7.19. The predicted molar refractivity (Wildman–Crippen MR) is 104 cm³/mol. The van der Waals surface area contributed by atoms with Crippen LogP contribution >= 0.6 is 11.6 Å². The lowest BCUT2D eigenvalue weighted by molar-refractivity contribution is 0.625. The Labute approximate surface area is 145 Å². The first-order valence-electron chi connectivity index (χ1n) is 8.57. The average molecular weight is 336 g/mol. The molecule has 23 heavy (non-hydrogen) atoms. The van der Waals surface area contributed by atoms with E-state index in [-0.39, 0.29) is 0 Å². The van der Waals surface area contributed by atoms with Crippen molar-refractivity contribution in [1.82, 2.24) is 10.3 Å². The largest absolute Gasteiger partial charge is 0.382 e. The second kappa shape index (κ2) is 11.3. The van der Waals surface area contributed by atoms with Gasteiger partial charge in [0.1, 0.15) is 0 Å². The number of fused-ring (bicyclic) bond motifs is 1. The number of anilines is 1. The smallest absolute Gasteiger partial charge is 0.0737 e. The summed E-state index contributed by atoms with van der Waals surface area (Å²) in [4.78, 5) is 4.35. The summed E-state index contributed by atoms with van der Waals surface area (Å²) in [5.41, 5.74) is 2.05. The molecule has 0 aliphatic carbocycles. The Bertz CT molecular complexity index is 570. The third-order valence-corrected chi connectivity index (χ3v) is 3.91. The van der Waals surface area contributed by atoms with Crippen LogP contribution < -0.4 is 10.6 Å². The Balaban J connectivity index is 0.000000593. The lowest BCUT2D eigenvalue weighted by Gasteiger charge is -2.16. The van der Waals surface area contributed by atoms with Crippen molar-refractivity contribution in [2.24, 2.45) is 0 Å². The first-order chi connectivity index (χ1) is 11.1. The van der Waals surface area contributed by atoms with E-state index in [2.05, 4.69) is 36.4 Å². The Morgan fingerprint density at radius 1 is 1.17 bits per heavy atom. The van der Waals surface area contributed by atoms with E-state index < -0.39 is 0 Å². The van der Waals surface area contributed by atoms with Crippen LogP contribution in [0, 0.1) is 0 Å². The van der Waals surface area contributed by atoms with E-state index in [1.807, 2.05) is 37.5 Å². The summed E-state index contributed by atoms with van der Waals surface area (Å²) in [5.74, 6) is 0. The van der Waals surface area contributed by atoms with Crippen molar-refractivity contribution in [3.8, 4) is 0 Å². The number of hydrogen-bond donors (Lipinski definition) is 2. The molecule has 2 aromatic rings. The molecule has 1 aromatic heterocycles. The van der Waals surface area contributed by atoms with Gasteiger partial charge in [-0.1, -0.05) is 38.3 Å². The molecule has 0 amide bonds. The number of nitrogens with zero attached hydrogens (tertiary/aromatic N) is 1. The van der Waals surface area contributed by atoms with E-state index in [4.69, 9.17) is 11.6 Å². The van der Waals surface area contributed by atoms with Crippen LogP contribution in [0.2, 0.25) is 5.02 Å². The molecular weight excluding hydrogens is 306 g/mol. The van der Waals surface area contributed by atoms with Crippen molar-refractivity contribution in [3.63, 3.8) is 0 Å². The van der Waals surface area contributed by atoms with Crippen LogP contribution in [0.4, 0.5) is 5.69 Å². The quantitative estimate of drug-likeness (QED) is 0.656. The summed E-state index contributed by atoms with van der Waals surface area (Å²) >= 11 is 5.99. The molecule has 1 unspecified atom stereocenters. The molecule has 2 N–H and O–H groups in total. The van der Waals surface area contributed by atoms with Crippen LogP contribution in [0.5, 0.6) is 0 Å². The van der Waals surface area contributed by atoms with Crippen molar-refractivity contribution >= 4 is 28.2 Å². The molecule has 1 aromatic carbocycles. The SMILES string of the molecule is CCCC.CNCCCC(C)Nc1ccnc2cc(Cl)ccc12. The van der Waals surface area contributed by atoms with Gasteiger partial charge in [-0.2, -0.15) is 0 Å². The number of rotatable bonds is 7. The minimum Gasteiger partial charge on any atom is -0.382 e. The number of hydrogen-bond acceptors (Lipinski definition) is 3. The molecule has 0 aliphatic rings. The fraction of sp³-hybridized carbons (Fsp3) is 0.526. The van der Waals surface area contributed by atoms with E-state index in [0.29, 0.717) is 6.04 Å². The van der Waals surface area contributed by atoms with Crippen LogP contribution in [-0.2, 0) is 0 Å². The maximum absolute atomic E-state index is 5.99. The van der Waals surface area contributed by atoms with Crippen LogP contribution in [0.15, 0.2) is 30.5 Å². The van der Waals surface area contributed by atoms with E-state index in [0.717, 1.165) is 34.6 Å². The summed E-state index contributed by atoms with van der Waals surface area (Å²) in [7, 11) is 1.98. The zero-order valence-corrected chi connectivity index (χ0v) is 15.6. The van der Waals surface area contributed by atoms with Gasteiger partial charge in [0.2, 0.25) is 0 Å². The fourth-order valence-corrected chi connectivity index (χ4v) is 2.34. The zero-order valence-electron chi connectivity index (χ0n) is 14.8. The predicted octanol–water partition coefficient (Wildman–Crippen LogP) is 5.49. The average Bonchev–Trinajstić information content (AvgIpc) is 2.55. The topological polar surface area (TPSA) is 37.0 Å². The second-order valence-electron chi connectivity index (χ2n) is 5.81.